The molecule has 0 saturated heterocycles. The van der Waals surface area contributed by atoms with Gasteiger partial charge in [-0.25, -0.2) is 17.6 Å². The molecule has 0 atom stereocenters. The zero-order valence-corrected chi connectivity index (χ0v) is 13.8. The van der Waals surface area contributed by atoms with Gasteiger partial charge >= 0.3 is 5.97 Å². The molecule has 112 valence electrons. The number of aromatic carboxylic acids is 1. The number of anilines is 1. The number of thiophene rings is 1. The second-order valence-corrected chi connectivity index (χ2v) is 8.40. The number of halogens is 2. The fourth-order valence-electron chi connectivity index (χ4n) is 1.54. The number of rotatable bonds is 4. The van der Waals surface area contributed by atoms with Crippen LogP contribution >= 0.6 is 27.3 Å². The van der Waals surface area contributed by atoms with Crippen molar-refractivity contribution in [1.82, 2.24) is 0 Å². The van der Waals surface area contributed by atoms with Gasteiger partial charge in [0.1, 0.15) is 10.0 Å². The Balaban J connectivity index is 2.44. The van der Waals surface area contributed by atoms with E-state index in [-0.39, 0.29) is 9.90 Å². The van der Waals surface area contributed by atoms with Gasteiger partial charge in [-0.05, 0) is 52.7 Å². The van der Waals surface area contributed by atoms with Crippen molar-refractivity contribution in [2.45, 2.75) is 11.1 Å². The maximum atomic E-state index is 13.1. The Bertz CT molecular complexity index is 797. The molecule has 2 aromatic rings. The summed E-state index contributed by atoms with van der Waals surface area (Å²) in [5, 5.41) is 9.00. The van der Waals surface area contributed by atoms with E-state index in [2.05, 4.69) is 20.7 Å². The van der Waals surface area contributed by atoms with Crippen molar-refractivity contribution in [1.29, 1.82) is 0 Å². The highest BCUT2D eigenvalue weighted by atomic mass is 79.9. The van der Waals surface area contributed by atoms with Crippen LogP contribution in [-0.2, 0) is 10.0 Å². The lowest BCUT2D eigenvalue weighted by atomic mass is 10.2. The maximum absolute atomic E-state index is 13.1. The number of nitrogens with one attached hydrogen (secondary N) is 1. The summed E-state index contributed by atoms with van der Waals surface area (Å²) in [6.45, 7) is 1.74. The molecule has 0 bridgehead atoms. The molecule has 1 aromatic carbocycles. The third kappa shape index (κ3) is 3.42. The Kier molecular flexibility index (Phi) is 4.35. The zero-order chi connectivity index (χ0) is 15.8. The molecule has 0 aliphatic carbocycles. The third-order valence-electron chi connectivity index (χ3n) is 2.56. The van der Waals surface area contributed by atoms with E-state index in [9.17, 15) is 17.6 Å². The number of hydrogen-bond donors (Lipinski definition) is 2. The fraction of sp³-hybridized carbons (Fsp3) is 0.0833. The van der Waals surface area contributed by atoms with Gasteiger partial charge in [0, 0.05) is 0 Å². The molecule has 0 unspecified atom stereocenters. The molecule has 0 aliphatic heterocycles. The van der Waals surface area contributed by atoms with Crippen LogP contribution in [0, 0.1) is 12.7 Å². The standard InChI is InChI=1S/C12H9BrFNO4S2/c1-6-4-10(20-11(6)13)21(18,19)15-9-3-2-7(14)5-8(9)12(16)17/h2-5,15H,1H3,(H,16,17). The molecule has 0 radical (unpaired) electrons. The summed E-state index contributed by atoms with van der Waals surface area (Å²) in [6, 6.07) is 4.28. The predicted octanol–water partition coefficient (Wildman–Crippen LogP) is 3.46. The zero-order valence-electron chi connectivity index (χ0n) is 10.6. The first-order valence-corrected chi connectivity index (χ1v) is 8.61. The largest absolute Gasteiger partial charge is 0.478 e. The van der Waals surface area contributed by atoms with E-state index in [1.807, 2.05) is 0 Å². The summed E-state index contributed by atoms with van der Waals surface area (Å²) in [5.41, 5.74) is 0.106. The Morgan fingerprint density at radius 2 is 2.05 bits per heavy atom. The third-order valence-corrected chi connectivity index (χ3v) is 6.53. The molecule has 21 heavy (non-hydrogen) atoms. The summed E-state index contributed by atoms with van der Waals surface area (Å²) in [5.74, 6) is -2.18. The van der Waals surface area contributed by atoms with E-state index in [1.165, 1.54) is 6.07 Å². The highest BCUT2D eigenvalue weighted by Gasteiger charge is 2.21. The Labute approximate surface area is 132 Å². The average molecular weight is 394 g/mol. The SMILES string of the molecule is Cc1cc(S(=O)(=O)Nc2ccc(F)cc2C(=O)O)sc1Br. The van der Waals surface area contributed by atoms with Gasteiger partial charge in [-0.3, -0.25) is 4.72 Å². The van der Waals surface area contributed by atoms with Crippen LogP contribution < -0.4 is 4.72 Å². The first kappa shape index (κ1) is 15.9. The minimum atomic E-state index is -3.93. The van der Waals surface area contributed by atoms with E-state index in [4.69, 9.17) is 5.11 Å². The van der Waals surface area contributed by atoms with Gasteiger partial charge in [-0.15, -0.1) is 11.3 Å². The minimum absolute atomic E-state index is 0.0348. The van der Waals surface area contributed by atoms with Crippen molar-refractivity contribution in [3.63, 3.8) is 0 Å². The van der Waals surface area contributed by atoms with Crippen LogP contribution in [0.2, 0.25) is 0 Å². The summed E-state index contributed by atoms with van der Waals surface area (Å²) in [6.07, 6.45) is 0. The number of hydrogen-bond acceptors (Lipinski definition) is 4. The molecule has 0 spiro atoms. The van der Waals surface area contributed by atoms with Crippen LogP contribution in [0.15, 0.2) is 32.3 Å². The van der Waals surface area contributed by atoms with Crippen LogP contribution in [-0.4, -0.2) is 19.5 Å². The molecular formula is C12H9BrFNO4S2. The summed E-state index contributed by atoms with van der Waals surface area (Å²) in [4.78, 5) is 11.0. The second kappa shape index (κ2) is 5.74. The first-order valence-electron chi connectivity index (χ1n) is 5.52. The fourth-order valence-corrected chi connectivity index (χ4v) is 4.85. The van der Waals surface area contributed by atoms with Crippen LogP contribution in [0.3, 0.4) is 0 Å². The van der Waals surface area contributed by atoms with E-state index >= 15 is 0 Å². The smallest absolute Gasteiger partial charge is 0.337 e. The van der Waals surface area contributed by atoms with Crippen LogP contribution in [0.1, 0.15) is 15.9 Å². The van der Waals surface area contributed by atoms with Crippen LogP contribution in [0.4, 0.5) is 10.1 Å². The van der Waals surface area contributed by atoms with Gasteiger partial charge < -0.3 is 5.11 Å². The molecule has 2 rings (SSSR count). The van der Waals surface area contributed by atoms with Gasteiger partial charge in [-0.2, -0.15) is 0 Å². The molecule has 0 aliphatic rings. The summed E-state index contributed by atoms with van der Waals surface area (Å²) in [7, 11) is -3.93. The van der Waals surface area contributed by atoms with Crippen LogP contribution in [0.5, 0.6) is 0 Å². The Hall–Kier alpha value is -1.45. The predicted molar refractivity (Wildman–Crippen MR) is 80.9 cm³/mol. The van der Waals surface area contributed by atoms with Crippen molar-refractivity contribution in [3.8, 4) is 0 Å². The normalized spacial score (nSPS) is 11.4. The monoisotopic (exact) mass is 393 g/mol. The lowest BCUT2D eigenvalue weighted by molar-refractivity contribution is 0.0697. The molecule has 0 fully saturated rings. The molecule has 2 N–H and O–H groups in total. The van der Waals surface area contributed by atoms with E-state index in [0.717, 1.165) is 35.1 Å². The van der Waals surface area contributed by atoms with Gasteiger partial charge in [0.2, 0.25) is 0 Å². The molecule has 1 heterocycles. The van der Waals surface area contributed by atoms with Crippen molar-refractivity contribution in [3.05, 3.63) is 45.0 Å². The van der Waals surface area contributed by atoms with Gasteiger partial charge in [-0.1, -0.05) is 0 Å². The summed E-state index contributed by atoms with van der Waals surface area (Å²) < 4.78 is 40.4. The second-order valence-electron chi connectivity index (χ2n) is 4.12. The van der Waals surface area contributed by atoms with Gasteiger partial charge in [0.15, 0.2) is 0 Å². The van der Waals surface area contributed by atoms with E-state index in [0.29, 0.717) is 3.79 Å². The summed E-state index contributed by atoms with van der Waals surface area (Å²) >= 11 is 4.23. The Morgan fingerprint density at radius 1 is 1.38 bits per heavy atom. The van der Waals surface area contributed by atoms with Crippen LogP contribution in [0.25, 0.3) is 0 Å². The minimum Gasteiger partial charge on any atom is -0.478 e. The lowest BCUT2D eigenvalue weighted by Gasteiger charge is -2.09. The number of benzene rings is 1. The topological polar surface area (TPSA) is 83.5 Å². The number of aryl methyl sites for hydroxylation is 1. The number of carboxylic acids is 1. The molecular weight excluding hydrogens is 385 g/mol. The highest BCUT2D eigenvalue weighted by molar-refractivity contribution is 9.11. The maximum Gasteiger partial charge on any atom is 0.337 e. The first-order chi connectivity index (χ1) is 9.70. The average Bonchev–Trinajstić information content (AvgIpc) is 2.72. The quantitative estimate of drug-likeness (QED) is 0.832. The molecule has 1 aromatic heterocycles. The lowest BCUT2D eigenvalue weighted by Crippen LogP contribution is -2.14. The number of carbonyl (C=O) groups is 1. The number of sulfonamides is 1. The van der Waals surface area contributed by atoms with Gasteiger partial charge in [0.25, 0.3) is 10.0 Å². The molecule has 0 amide bonds. The van der Waals surface area contributed by atoms with Crippen molar-refractivity contribution >= 4 is 48.9 Å². The molecule has 5 nitrogen and oxygen atoms in total. The molecule has 0 saturated carbocycles. The van der Waals surface area contributed by atoms with Crippen molar-refractivity contribution in [2.75, 3.05) is 4.72 Å². The highest BCUT2D eigenvalue weighted by Crippen LogP contribution is 2.32. The van der Waals surface area contributed by atoms with Crippen molar-refractivity contribution < 1.29 is 22.7 Å². The molecule has 9 heteroatoms. The van der Waals surface area contributed by atoms with E-state index < -0.39 is 27.4 Å². The van der Waals surface area contributed by atoms with E-state index in [1.54, 1.807) is 6.92 Å². The number of carboxylic acid groups (broad SMARTS) is 1. The van der Waals surface area contributed by atoms with Gasteiger partial charge in [0.05, 0.1) is 15.0 Å². The Morgan fingerprint density at radius 3 is 2.57 bits per heavy atom. The van der Waals surface area contributed by atoms with Crippen molar-refractivity contribution in [2.24, 2.45) is 0 Å².